The third-order valence-electron chi connectivity index (χ3n) is 2.99. The van der Waals surface area contributed by atoms with Crippen LogP contribution in [-0.4, -0.2) is 20.2 Å². The van der Waals surface area contributed by atoms with Gasteiger partial charge in [-0.1, -0.05) is 6.92 Å². The molecule has 0 aliphatic carbocycles. The van der Waals surface area contributed by atoms with Crippen molar-refractivity contribution in [2.45, 2.75) is 25.9 Å². The van der Waals surface area contributed by atoms with Crippen molar-refractivity contribution in [3.8, 4) is 0 Å². The number of rotatable bonds is 4. The first-order chi connectivity index (χ1) is 7.35. The summed E-state index contributed by atoms with van der Waals surface area (Å²) in [6.07, 6.45) is 2.22. The summed E-state index contributed by atoms with van der Waals surface area (Å²) in [5.41, 5.74) is 0. The fourth-order valence-corrected chi connectivity index (χ4v) is 2.16. The van der Waals surface area contributed by atoms with Crippen LogP contribution in [0.15, 0.2) is 16.5 Å². The highest BCUT2D eigenvalue weighted by atomic mass is 16.5. The van der Waals surface area contributed by atoms with Gasteiger partial charge in [0.05, 0.1) is 0 Å². The maximum absolute atomic E-state index is 5.74. The quantitative estimate of drug-likeness (QED) is 0.825. The van der Waals surface area contributed by atoms with E-state index in [0.717, 1.165) is 37.5 Å². The molecule has 0 saturated carbocycles. The molecule has 1 aliphatic heterocycles. The Morgan fingerprint density at radius 3 is 3.00 bits per heavy atom. The fraction of sp³-hybridized carbons (Fsp3) is 0.667. The van der Waals surface area contributed by atoms with E-state index in [2.05, 4.69) is 18.3 Å². The molecule has 1 saturated heterocycles. The second-order valence-electron chi connectivity index (χ2n) is 4.06. The molecule has 15 heavy (non-hydrogen) atoms. The van der Waals surface area contributed by atoms with Gasteiger partial charge in [0, 0.05) is 25.5 Å². The van der Waals surface area contributed by atoms with E-state index in [-0.39, 0.29) is 6.10 Å². The second kappa shape index (κ2) is 4.81. The minimum absolute atomic E-state index is 0.151. The summed E-state index contributed by atoms with van der Waals surface area (Å²) < 4.78 is 11.5. The lowest BCUT2D eigenvalue weighted by Gasteiger charge is -2.15. The van der Waals surface area contributed by atoms with Crippen molar-refractivity contribution in [2.24, 2.45) is 5.92 Å². The molecule has 1 N–H and O–H groups in total. The number of hydrogen-bond acceptors (Lipinski definition) is 3. The molecule has 3 heteroatoms. The Kier molecular flexibility index (Phi) is 3.44. The van der Waals surface area contributed by atoms with Crippen LogP contribution in [0.3, 0.4) is 0 Å². The van der Waals surface area contributed by atoms with Crippen molar-refractivity contribution in [3.63, 3.8) is 0 Å². The molecule has 0 aromatic carbocycles. The Balaban J connectivity index is 2.08. The Morgan fingerprint density at radius 1 is 1.47 bits per heavy atom. The summed E-state index contributed by atoms with van der Waals surface area (Å²) in [6.45, 7) is 3.94. The molecular weight excluding hydrogens is 190 g/mol. The van der Waals surface area contributed by atoms with Crippen LogP contribution in [-0.2, 0) is 11.2 Å². The van der Waals surface area contributed by atoms with Crippen LogP contribution in [0, 0.1) is 5.92 Å². The highest BCUT2D eigenvalue weighted by Crippen LogP contribution is 2.34. The molecule has 0 spiro atoms. The fourth-order valence-electron chi connectivity index (χ4n) is 2.16. The molecule has 1 fully saturated rings. The van der Waals surface area contributed by atoms with Crippen molar-refractivity contribution in [1.82, 2.24) is 5.32 Å². The van der Waals surface area contributed by atoms with Gasteiger partial charge >= 0.3 is 0 Å². The summed E-state index contributed by atoms with van der Waals surface area (Å²) in [5.74, 6) is 2.58. The van der Waals surface area contributed by atoms with Crippen LogP contribution in [0.4, 0.5) is 0 Å². The summed E-state index contributed by atoms with van der Waals surface area (Å²) >= 11 is 0. The molecule has 1 aliphatic rings. The molecule has 1 aromatic rings. The molecular formula is C12H19NO2. The van der Waals surface area contributed by atoms with Crippen molar-refractivity contribution in [3.05, 3.63) is 23.7 Å². The van der Waals surface area contributed by atoms with Gasteiger partial charge in [0.15, 0.2) is 0 Å². The van der Waals surface area contributed by atoms with E-state index in [1.54, 1.807) is 0 Å². The molecule has 3 nitrogen and oxygen atoms in total. The molecule has 0 amide bonds. The van der Waals surface area contributed by atoms with Gasteiger partial charge < -0.3 is 14.5 Å². The van der Waals surface area contributed by atoms with E-state index in [9.17, 15) is 0 Å². The van der Waals surface area contributed by atoms with Crippen LogP contribution in [0.25, 0.3) is 0 Å². The van der Waals surface area contributed by atoms with Gasteiger partial charge in [-0.15, -0.1) is 0 Å². The number of ether oxygens (including phenoxy) is 1. The predicted molar refractivity (Wildman–Crippen MR) is 58.8 cm³/mol. The van der Waals surface area contributed by atoms with Crippen LogP contribution >= 0.6 is 0 Å². The number of furan rings is 1. The van der Waals surface area contributed by atoms with E-state index in [1.165, 1.54) is 0 Å². The van der Waals surface area contributed by atoms with Crippen molar-refractivity contribution >= 4 is 0 Å². The van der Waals surface area contributed by atoms with Gasteiger partial charge in [0.1, 0.15) is 17.6 Å². The lowest BCUT2D eigenvalue weighted by Crippen LogP contribution is -2.21. The predicted octanol–water partition coefficient (Wildman–Crippen LogP) is 2.14. The van der Waals surface area contributed by atoms with E-state index in [1.807, 2.05) is 13.1 Å². The topological polar surface area (TPSA) is 34.4 Å². The summed E-state index contributed by atoms with van der Waals surface area (Å²) in [4.78, 5) is 0. The maximum Gasteiger partial charge on any atom is 0.133 e. The Hall–Kier alpha value is -0.800. The van der Waals surface area contributed by atoms with E-state index < -0.39 is 0 Å². The van der Waals surface area contributed by atoms with Crippen molar-refractivity contribution in [2.75, 3.05) is 20.2 Å². The molecule has 2 rings (SSSR count). The lowest BCUT2D eigenvalue weighted by molar-refractivity contribution is 0.0716. The van der Waals surface area contributed by atoms with E-state index in [4.69, 9.17) is 9.15 Å². The number of aryl methyl sites for hydroxylation is 1. The molecule has 0 bridgehead atoms. The zero-order valence-electron chi connectivity index (χ0n) is 9.45. The zero-order valence-corrected chi connectivity index (χ0v) is 9.45. The standard InChI is InChI=1S/C12H19NO2/c1-3-10-4-5-11(15-10)12-9(8-13-2)6-7-14-12/h4-5,9,12-13H,3,6-8H2,1-2H3. The minimum Gasteiger partial charge on any atom is -0.463 e. The Bertz CT molecular complexity index is 308. The van der Waals surface area contributed by atoms with Gasteiger partial charge in [-0.25, -0.2) is 0 Å². The summed E-state index contributed by atoms with van der Waals surface area (Å²) in [5, 5.41) is 3.21. The third-order valence-corrected chi connectivity index (χ3v) is 2.99. The average molecular weight is 209 g/mol. The highest BCUT2D eigenvalue weighted by Gasteiger charge is 2.31. The summed E-state index contributed by atoms with van der Waals surface area (Å²) in [6, 6.07) is 4.10. The zero-order chi connectivity index (χ0) is 10.7. The average Bonchev–Trinajstić information content (AvgIpc) is 2.85. The van der Waals surface area contributed by atoms with Crippen molar-refractivity contribution in [1.29, 1.82) is 0 Å². The Morgan fingerprint density at radius 2 is 2.33 bits per heavy atom. The number of nitrogens with one attached hydrogen (secondary N) is 1. The minimum atomic E-state index is 0.151. The SMILES string of the molecule is CCc1ccc(C2OCCC2CNC)o1. The molecule has 1 aromatic heterocycles. The molecule has 2 atom stereocenters. The van der Waals surface area contributed by atoms with Gasteiger partial charge in [0.25, 0.3) is 0 Å². The molecule has 2 heterocycles. The highest BCUT2D eigenvalue weighted by molar-refractivity contribution is 5.11. The van der Waals surface area contributed by atoms with Crippen LogP contribution in [0.2, 0.25) is 0 Å². The van der Waals surface area contributed by atoms with Gasteiger partial charge in [-0.2, -0.15) is 0 Å². The number of hydrogen-bond donors (Lipinski definition) is 1. The Labute approximate surface area is 90.8 Å². The maximum atomic E-state index is 5.74. The van der Waals surface area contributed by atoms with Crippen LogP contribution < -0.4 is 5.32 Å². The van der Waals surface area contributed by atoms with Gasteiger partial charge in [0.2, 0.25) is 0 Å². The van der Waals surface area contributed by atoms with E-state index >= 15 is 0 Å². The van der Waals surface area contributed by atoms with Crippen LogP contribution in [0.1, 0.15) is 31.0 Å². The van der Waals surface area contributed by atoms with Gasteiger partial charge in [-0.05, 0) is 25.6 Å². The summed E-state index contributed by atoms with van der Waals surface area (Å²) in [7, 11) is 1.98. The first kappa shape index (κ1) is 10.7. The molecule has 84 valence electrons. The largest absolute Gasteiger partial charge is 0.463 e. The van der Waals surface area contributed by atoms with Gasteiger partial charge in [-0.3, -0.25) is 0 Å². The van der Waals surface area contributed by atoms with Crippen molar-refractivity contribution < 1.29 is 9.15 Å². The third kappa shape index (κ3) is 2.24. The normalized spacial score (nSPS) is 26.0. The monoisotopic (exact) mass is 209 g/mol. The first-order valence-corrected chi connectivity index (χ1v) is 5.70. The molecule has 0 radical (unpaired) electrons. The lowest BCUT2D eigenvalue weighted by atomic mass is 10.00. The van der Waals surface area contributed by atoms with Crippen LogP contribution in [0.5, 0.6) is 0 Å². The smallest absolute Gasteiger partial charge is 0.133 e. The van der Waals surface area contributed by atoms with E-state index in [0.29, 0.717) is 5.92 Å². The molecule has 2 unspecified atom stereocenters. The second-order valence-corrected chi connectivity index (χ2v) is 4.06. The first-order valence-electron chi connectivity index (χ1n) is 5.70.